The molecule has 8 heteroatoms. The Labute approximate surface area is 190 Å². The first-order valence-corrected chi connectivity index (χ1v) is 10.2. The third-order valence-corrected chi connectivity index (χ3v) is 5.55. The molecule has 0 atom stereocenters. The van der Waals surface area contributed by atoms with Crippen molar-refractivity contribution in [3.63, 3.8) is 0 Å². The van der Waals surface area contributed by atoms with Gasteiger partial charge in [0.25, 0.3) is 0 Å². The topological polar surface area (TPSA) is 93.8 Å². The number of fused-ring (bicyclic) bond motifs is 1. The first-order chi connectivity index (χ1) is 15.9. The van der Waals surface area contributed by atoms with Crippen molar-refractivity contribution in [2.24, 2.45) is 0 Å². The lowest BCUT2D eigenvalue weighted by atomic mass is 10.00. The van der Waals surface area contributed by atoms with Crippen LogP contribution < -0.4 is 14.8 Å². The van der Waals surface area contributed by atoms with Crippen LogP contribution in [0.4, 0.5) is 4.39 Å². The fourth-order valence-corrected chi connectivity index (χ4v) is 3.88. The molecule has 4 rings (SSSR count). The van der Waals surface area contributed by atoms with E-state index in [1.165, 1.54) is 38.9 Å². The Balaban J connectivity index is 1.70. The maximum atomic E-state index is 14.1. The summed E-state index contributed by atoms with van der Waals surface area (Å²) in [7, 11) is 2.92. The van der Waals surface area contributed by atoms with E-state index in [-0.39, 0.29) is 41.9 Å². The number of phenols is 1. The number of carbonyl (C=O) groups excluding carboxylic acids is 1. The van der Waals surface area contributed by atoms with Crippen molar-refractivity contribution in [3.05, 3.63) is 76.8 Å². The molecule has 0 spiro atoms. The molecule has 1 aliphatic rings. The zero-order valence-corrected chi connectivity index (χ0v) is 18.4. The minimum absolute atomic E-state index is 0.0793. The van der Waals surface area contributed by atoms with Crippen molar-refractivity contribution < 1.29 is 28.2 Å². The van der Waals surface area contributed by atoms with Crippen LogP contribution in [-0.4, -0.2) is 30.2 Å². The van der Waals surface area contributed by atoms with E-state index in [2.05, 4.69) is 10.3 Å². The molecule has 0 aliphatic heterocycles. The van der Waals surface area contributed by atoms with E-state index < -0.39 is 0 Å². The second-order valence-electron chi connectivity index (χ2n) is 7.55. The number of ether oxygens (including phenoxy) is 2. The number of oxazole rings is 1. The number of nitrogens with one attached hydrogen (secondary N) is 1. The Morgan fingerprint density at radius 2 is 1.91 bits per heavy atom. The molecule has 1 aromatic heterocycles. The minimum atomic E-state index is -0.379. The summed E-state index contributed by atoms with van der Waals surface area (Å²) in [5, 5.41) is 13.0. The fourth-order valence-electron chi connectivity index (χ4n) is 3.88. The van der Waals surface area contributed by atoms with Crippen LogP contribution >= 0.6 is 0 Å². The summed E-state index contributed by atoms with van der Waals surface area (Å²) in [4.78, 5) is 16.4. The predicted octanol–water partition coefficient (Wildman–Crippen LogP) is 4.57. The summed E-state index contributed by atoms with van der Waals surface area (Å²) in [5.74, 6) is 0.398. The summed E-state index contributed by atoms with van der Waals surface area (Å²) in [6.45, 7) is 2.12. The summed E-state index contributed by atoms with van der Waals surface area (Å²) in [6, 6.07) is 7.91. The van der Waals surface area contributed by atoms with Crippen LogP contribution in [0, 0.1) is 5.82 Å². The molecule has 0 unspecified atom stereocenters. The predicted molar refractivity (Wildman–Crippen MR) is 121 cm³/mol. The standard InChI is InChI=1S/C25H23FN2O5/c1-14-19(6-15-7-22(31-2)25(30)23(8-15)32-3)18-5-4-16(26)9-21(18)20(14)10-24(29)28-12-17-11-27-13-33-17/h4-9,11,13,30H,10,12H2,1-3H3,(H,28,29)/b19-6-. The van der Waals surface area contributed by atoms with Crippen LogP contribution in [0.15, 0.2) is 52.9 Å². The molecule has 170 valence electrons. The molecule has 0 saturated heterocycles. The molecule has 0 saturated carbocycles. The molecular formula is C25H23FN2O5. The largest absolute Gasteiger partial charge is 0.502 e. The first kappa shape index (κ1) is 22.1. The number of hydrogen-bond donors (Lipinski definition) is 2. The molecular weight excluding hydrogens is 427 g/mol. The molecule has 0 fully saturated rings. The lowest BCUT2D eigenvalue weighted by molar-refractivity contribution is -0.120. The monoisotopic (exact) mass is 450 g/mol. The maximum Gasteiger partial charge on any atom is 0.224 e. The number of phenolic OH excluding ortho intramolecular Hbond substituents is 1. The van der Waals surface area contributed by atoms with E-state index in [1.807, 2.05) is 13.0 Å². The van der Waals surface area contributed by atoms with Crippen molar-refractivity contribution in [2.45, 2.75) is 19.9 Å². The van der Waals surface area contributed by atoms with E-state index in [0.29, 0.717) is 11.3 Å². The average Bonchev–Trinajstić information content (AvgIpc) is 3.41. The van der Waals surface area contributed by atoms with Gasteiger partial charge in [-0.05, 0) is 70.7 Å². The number of aromatic nitrogens is 1. The van der Waals surface area contributed by atoms with E-state index in [4.69, 9.17) is 13.9 Å². The fraction of sp³-hybridized carbons (Fsp3) is 0.200. The van der Waals surface area contributed by atoms with Gasteiger partial charge >= 0.3 is 0 Å². The Morgan fingerprint density at radius 1 is 1.18 bits per heavy atom. The van der Waals surface area contributed by atoms with Crippen molar-refractivity contribution in [1.82, 2.24) is 10.3 Å². The van der Waals surface area contributed by atoms with Crippen LogP contribution in [0.5, 0.6) is 17.2 Å². The summed E-state index contributed by atoms with van der Waals surface area (Å²) in [6.07, 6.45) is 4.81. The number of rotatable bonds is 7. The second kappa shape index (κ2) is 9.20. The van der Waals surface area contributed by atoms with Gasteiger partial charge in [-0.1, -0.05) is 6.07 Å². The number of carbonyl (C=O) groups is 1. The lowest BCUT2D eigenvalue weighted by Crippen LogP contribution is -2.22. The smallest absolute Gasteiger partial charge is 0.224 e. The third kappa shape index (κ3) is 4.45. The van der Waals surface area contributed by atoms with Gasteiger partial charge in [0.2, 0.25) is 11.7 Å². The van der Waals surface area contributed by atoms with E-state index in [1.54, 1.807) is 18.2 Å². The number of amides is 1. The average molecular weight is 450 g/mol. The number of aromatic hydroxyl groups is 1. The van der Waals surface area contributed by atoms with E-state index in [9.17, 15) is 14.3 Å². The summed E-state index contributed by atoms with van der Waals surface area (Å²) in [5.41, 5.74) is 4.66. The number of halogens is 1. The minimum Gasteiger partial charge on any atom is -0.502 e. The van der Waals surface area contributed by atoms with Gasteiger partial charge in [-0.3, -0.25) is 4.79 Å². The van der Waals surface area contributed by atoms with E-state index >= 15 is 0 Å². The highest BCUT2D eigenvalue weighted by Crippen LogP contribution is 2.45. The van der Waals surface area contributed by atoms with Gasteiger partial charge in [0.1, 0.15) is 11.6 Å². The Morgan fingerprint density at radius 3 is 2.55 bits per heavy atom. The molecule has 0 radical (unpaired) electrons. The lowest BCUT2D eigenvalue weighted by Gasteiger charge is -2.11. The van der Waals surface area contributed by atoms with Gasteiger partial charge in [0.05, 0.1) is 33.4 Å². The Bertz CT molecular complexity index is 1240. The van der Waals surface area contributed by atoms with Gasteiger partial charge < -0.3 is 24.3 Å². The molecule has 7 nitrogen and oxygen atoms in total. The number of hydrogen-bond acceptors (Lipinski definition) is 6. The van der Waals surface area contributed by atoms with Crippen LogP contribution in [-0.2, 0) is 11.3 Å². The van der Waals surface area contributed by atoms with Gasteiger partial charge in [-0.15, -0.1) is 0 Å². The Hall–Kier alpha value is -4.07. The highest BCUT2D eigenvalue weighted by atomic mass is 19.1. The number of allylic oxidation sites excluding steroid dienone is 2. The molecule has 33 heavy (non-hydrogen) atoms. The first-order valence-electron chi connectivity index (χ1n) is 10.2. The van der Waals surface area contributed by atoms with E-state index in [0.717, 1.165) is 27.8 Å². The summed E-state index contributed by atoms with van der Waals surface area (Å²) >= 11 is 0. The van der Waals surface area contributed by atoms with Crippen LogP contribution in [0.3, 0.4) is 0 Å². The van der Waals surface area contributed by atoms with Crippen LogP contribution in [0.25, 0.3) is 17.2 Å². The van der Waals surface area contributed by atoms with Crippen molar-refractivity contribution in [1.29, 1.82) is 0 Å². The van der Waals surface area contributed by atoms with Crippen molar-refractivity contribution in [3.8, 4) is 17.2 Å². The Kier molecular flexibility index (Phi) is 6.17. The normalized spacial score (nSPS) is 13.9. The van der Waals surface area contributed by atoms with Gasteiger partial charge in [-0.25, -0.2) is 9.37 Å². The summed E-state index contributed by atoms with van der Waals surface area (Å²) < 4.78 is 29.7. The van der Waals surface area contributed by atoms with Gasteiger partial charge in [-0.2, -0.15) is 0 Å². The molecule has 1 amide bonds. The number of nitrogens with zero attached hydrogens (tertiary/aromatic N) is 1. The highest BCUT2D eigenvalue weighted by Gasteiger charge is 2.26. The molecule has 0 bridgehead atoms. The molecule has 1 heterocycles. The quantitative estimate of drug-likeness (QED) is 0.548. The molecule has 2 N–H and O–H groups in total. The van der Waals surface area contributed by atoms with Gasteiger partial charge in [0.15, 0.2) is 17.9 Å². The molecule has 1 aliphatic carbocycles. The highest BCUT2D eigenvalue weighted by molar-refractivity contribution is 6.08. The van der Waals surface area contributed by atoms with Gasteiger partial charge in [0, 0.05) is 0 Å². The third-order valence-electron chi connectivity index (χ3n) is 5.55. The maximum absolute atomic E-state index is 14.1. The SMILES string of the molecule is COc1cc(/C=C2/C(C)=C(CC(=O)NCc3cnco3)c3cc(F)ccc32)cc(OC)c1O. The van der Waals surface area contributed by atoms with Crippen LogP contribution in [0.1, 0.15) is 35.8 Å². The number of methoxy groups -OCH3 is 2. The zero-order valence-electron chi connectivity index (χ0n) is 18.4. The van der Waals surface area contributed by atoms with Crippen molar-refractivity contribution in [2.75, 3.05) is 14.2 Å². The van der Waals surface area contributed by atoms with Crippen molar-refractivity contribution >= 4 is 23.1 Å². The number of benzene rings is 2. The molecule has 3 aromatic rings. The second-order valence-corrected chi connectivity index (χ2v) is 7.55. The van der Waals surface area contributed by atoms with Crippen LogP contribution in [0.2, 0.25) is 0 Å². The molecule has 2 aromatic carbocycles. The zero-order chi connectivity index (χ0) is 23.5.